The van der Waals surface area contributed by atoms with Gasteiger partial charge >= 0.3 is 0 Å². The summed E-state index contributed by atoms with van der Waals surface area (Å²) in [5.41, 5.74) is 1.70. The number of nitrogens with zero attached hydrogens (tertiary/aromatic N) is 2. The van der Waals surface area contributed by atoms with Gasteiger partial charge in [0.05, 0.1) is 5.92 Å². The van der Waals surface area contributed by atoms with Crippen LogP contribution < -0.4 is 5.32 Å². The minimum absolute atomic E-state index is 0.170. The van der Waals surface area contributed by atoms with Crippen molar-refractivity contribution >= 4 is 23.3 Å². The zero-order chi connectivity index (χ0) is 16.9. The van der Waals surface area contributed by atoms with Crippen LogP contribution in [0.2, 0.25) is 5.02 Å². The summed E-state index contributed by atoms with van der Waals surface area (Å²) in [6.07, 6.45) is 2.19. The topological polar surface area (TPSA) is 68.0 Å². The van der Waals surface area contributed by atoms with Gasteiger partial charge in [0, 0.05) is 29.4 Å². The van der Waals surface area contributed by atoms with Crippen LogP contribution in [0, 0.1) is 6.92 Å². The predicted octanol–water partition coefficient (Wildman–Crippen LogP) is 4.00. The Hall–Kier alpha value is -2.66. The second-order valence-electron chi connectivity index (χ2n) is 5.44. The zero-order valence-electron chi connectivity index (χ0n) is 13.1. The lowest BCUT2D eigenvalue weighted by atomic mass is 9.93. The molecule has 6 heteroatoms. The summed E-state index contributed by atoms with van der Waals surface area (Å²) in [5, 5.41) is 7.23. The quantitative estimate of drug-likeness (QED) is 0.761. The first-order chi connectivity index (χ1) is 11.6. The molecule has 0 aliphatic carbocycles. The summed E-state index contributed by atoms with van der Waals surface area (Å²) < 4.78 is 4.99. The molecule has 0 aliphatic heterocycles. The maximum absolute atomic E-state index is 12.8. The lowest BCUT2D eigenvalue weighted by Gasteiger charge is -2.16. The number of pyridine rings is 1. The standard InChI is InChI=1S/C18H16ClN3O2/c1-12-10-17(22-24-12)21-18(23)16(11-15-4-2-3-9-20-15)13-5-7-14(19)8-6-13/h2-10,16H,11H2,1H3,(H,21,22,23). The highest BCUT2D eigenvalue weighted by atomic mass is 35.5. The van der Waals surface area contributed by atoms with Gasteiger partial charge in [0.15, 0.2) is 5.82 Å². The summed E-state index contributed by atoms with van der Waals surface area (Å²) in [6.45, 7) is 1.77. The molecule has 0 saturated carbocycles. The van der Waals surface area contributed by atoms with Crippen molar-refractivity contribution in [3.8, 4) is 0 Å². The average Bonchev–Trinajstić information content (AvgIpc) is 2.99. The molecule has 1 unspecified atom stereocenters. The number of hydrogen-bond donors (Lipinski definition) is 1. The second-order valence-corrected chi connectivity index (χ2v) is 5.88. The summed E-state index contributed by atoms with van der Waals surface area (Å²) in [4.78, 5) is 17.1. The highest BCUT2D eigenvalue weighted by Crippen LogP contribution is 2.24. The smallest absolute Gasteiger partial charge is 0.233 e. The number of rotatable bonds is 5. The van der Waals surface area contributed by atoms with E-state index in [9.17, 15) is 4.79 Å². The molecule has 24 heavy (non-hydrogen) atoms. The van der Waals surface area contributed by atoms with E-state index < -0.39 is 5.92 Å². The first-order valence-corrected chi connectivity index (χ1v) is 7.89. The number of carbonyl (C=O) groups excluding carboxylic acids is 1. The van der Waals surface area contributed by atoms with Gasteiger partial charge in [0.25, 0.3) is 0 Å². The Morgan fingerprint density at radius 3 is 2.67 bits per heavy atom. The SMILES string of the molecule is Cc1cc(NC(=O)C(Cc2ccccn2)c2ccc(Cl)cc2)no1. The van der Waals surface area contributed by atoms with Crippen LogP contribution in [0.3, 0.4) is 0 Å². The lowest BCUT2D eigenvalue weighted by Crippen LogP contribution is -2.23. The molecule has 2 aromatic heterocycles. The van der Waals surface area contributed by atoms with E-state index in [4.69, 9.17) is 16.1 Å². The fourth-order valence-electron chi connectivity index (χ4n) is 2.42. The molecule has 1 N–H and O–H groups in total. The molecule has 1 aromatic carbocycles. The normalized spacial score (nSPS) is 11.9. The number of aromatic nitrogens is 2. The van der Waals surface area contributed by atoms with Crippen molar-refractivity contribution < 1.29 is 9.32 Å². The number of halogens is 1. The highest BCUT2D eigenvalue weighted by molar-refractivity contribution is 6.30. The van der Waals surface area contributed by atoms with Crippen molar-refractivity contribution in [1.29, 1.82) is 0 Å². The van der Waals surface area contributed by atoms with Crippen LogP contribution in [-0.2, 0) is 11.2 Å². The molecule has 0 bridgehead atoms. The average molecular weight is 342 g/mol. The Kier molecular flexibility index (Phi) is 4.91. The maximum Gasteiger partial charge on any atom is 0.233 e. The third-order valence-corrected chi connectivity index (χ3v) is 3.86. The molecular weight excluding hydrogens is 326 g/mol. The van der Waals surface area contributed by atoms with Crippen molar-refractivity contribution in [2.45, 2.75) is 19.3 Å². The van der Waals surface area contributed by atoms with Gasteiger partial charge in [-0.05, 0) is 36.8 Å². The molecule has 0 aliphatic rings. The van der Waals surface area contributed by atoms with Gasteiger partial charge in [-0.3, -0.25) is 9.78 Å². The number of anilines is 1. The number of aryl methyl sites for hydroxylation is 1. The molecular formula is C18H16ClN3O2. The Morgan fingerprint density at radius 2 is 2.04 bits per heavy atom. The van der Waals surface area contributed by atoms with Crippen LogP contribution in [0.4, 0.5) is 5.82 Å². The zero-order valence-corrected chi connectivity index (χ0v) is 13.8. The first-order valence-electron chi connectivity index (χ1n) is 7.51. The molecule has 3 rings (SSSR count). The largest absolute Gasteiger partial charge is 0.360 e. The second kappa shape index (κ2) is 7.27. The van der Waals surface area contributed by atoms with Crippen LogP contribution in [0.1, 0.15) is 22.9 Å². The molecule has 2 heterocycles. The number of nitrogens with one attached hydrogen (secondary N) is 1. The van der Waals surface area contributed by atoms with E-state index in [2.05, 4.69) is 15.5 Å². The predicted molar refractivity (Wildman–Crippen MR) is 92.0 cm³/mol. The van der Waals surface area contributed by atoms with E-state index in [1.165, 1.54) is 0 Å². The van der Waals surface area contributed by atoms with E-state index in [0.29, 0.717) is 23.0 Å². The third kappa shape index (κ3) is 4.00. The summed E-state index contributed by atoms with van der Waals surface area (Å²) in [7, 11) is 0. The Labute approximate surface area is 144 Å². The van der Waals surface area contributed by atoms with Crippen LogP contribution >= 0.6 is 11.6 Å². The monoisotopic (exact) mass is 341 g/mol. The summed E-state index contributed by atoms with van der Waals surface area (Å²) in [6, 6.07) is 14.6. The van der Waals surface area contributed by atoms with Gasteiger partial charge in [-0.1, -0.05) is 35.0 Å². The van der Waals surface area contributed by atoms with Crippen LogP contribution in [0.5, 0.6) is 0 Å². The van der Waals surface area contributed by atoms with Gasteiger partial charge < -0.3 is 9.84 Å². The van der Waals surface area contributed by atoms with Crippen LogP contribution in [0.15, 0.2) is 59.3 Å². The van der Waals surface area contributed by atoms with Crippen LogP contribution in [0.25, 0.3) is 0 Å². The molecule has 3 aromatic rings. The number of hydrogen-bond acceptors (Lipinski definition) is 4. The molecule has 1 atom stereocenters. The fourth-order valence-corrected chi connectivity index (χ4v) is 2.55. The molecule has 0 saturated heterocycles. The molecule has 122 valence electrons. The van der Waals surface area contributed by atoms with Gasteiger partial charge in [-0.15, -0.1) is 0 Å². The Balaban J connectivity index is 1.85. The van der Waals surface area contributed by atoms with Gasteiger partial charge in [0.2, 0.25) is 5.91 Å². The van der Waals surface area contributed by atoms with E-state index in [0.717, 1.165) is 11.3 Å². The van der Waals surface area contributed by atoms with E-state index in [1.54, 1.807) is 31.3 Å². The Morgan fingerprint density at radius 1 is 1.25 bits per heavy atom. The van der Waals surface area contributed by atoms with Crippen molar-refractivity contribution in [2.75, 3.05) is 5.32 Å². The molecule has 0 fully saturated rings. The number of amides is 1. The maximum atomic E-state index is 12.8. The van der Waals surface area contributed by atoms with Gasteiger partial charge in [-0.25, -0.2) is 0 Å². The van der Waals surface area contributed by atoms with Crippen molar-refractivity contribution in [3.05, 3.63) is 76.8 Å². The fraction of sp³-hybridized carbons (Fsp3) is 0.167. The van der Waals surface area contributed by atoms with Gasteiger partial charge in [0.1, 0.15) is 5.76 Å². The van der Waals surface area contributed by atoms with E-state index in [-0.39, 0.29) is 5.91 Å². The summed E-state index contributed by atoms with van der Waals surface area (Å²) >= 11 is 5.95. The van der Waals surface area contributed by atoms with Crippen molar-refractivity contribution in [1.82, 2.24) is 10.1 Å². The van der Waals surface area contributed by atoms with Crippen molar-refractivity contribution in [2.24, 2.45) is 0 Å². The van der Waals surface area contributed by atoms with E-state index >= 15 is 0 Å². The van der Waals surface area contributed by atoms with Crippen LogP contribution in [-0.4, -0.2) is 16.0 Å². The number of carbonyl (C=O) groups is 1. The molecule has 1 amide bonds. The third-order valence-electron chi connectivity index (χ3n) is 3.61. The van der Waals surface area contributed by atoms with E-state index in [1.807, 2.05) is 30.3 Å². The van der Waals surface area contributed by atoms with Gasteiger partial charge in [-0.2, -0.15) is 0 Å². The lowest BCUT2D eigenvalue weighted by molar-refractivity contribution is -0.117. The number of benzene rings is 1. The molecule has 0 radical (unpaired) electrons. The summed E-state index contributed by atoms with van der Waals surface area (Å²) in [5.74, 6) is 0.459. The first kappa shape index (κ1) is 16.2. The molecule has 5 nitrogen and oxygen atoms in total. The highest BCUT2D eigenvalue weighted by Gasteiger charge is 2.22. The minimum atomic E-state index is -0.408. The van der Waals surface area contributed by atoms with Crippen molar-refractivity contribution in [3.63, 3.8) is 0 Å². The molecule has 0 spiro atoms. The Bertz CT molecular complexity index is 816. The minimum Gasteiger partial charge on any atom is -0.360 e.